The number of anilines is 1. The molecule has 2 rings (SSSR count). The SMILES string of the molecule is N#Cc1ccnc(NCCc2ncno2)n1. The summed E-state index contributed by atoms with van der Waals surface area (Å²) in [4.78, 5) is 11.8. The quantitative estimate of drug-likeness (QED) is 0.788. The van der Waals surface area contributed by atoms with Crippen LogP contribution >= 0.6 is 0 Å². The normalized spacial score (nSPS) is 9.69. The predicted molar refractivity (Wildman–Crippen MR) is 53.2 cm³/mol. The number of rotatable bonds is 4. The molecule has 2 aromatic heterocycles. The Kier molecular flexibility index (Phi) is 3.04. The Balaban J connectivity index is 1.88. The topological polar surface area (TPSA) is 101 Å². The zero-order chi connectivity index (χ0) is 11.2. The van der Waals surface area contributed by atoms with E-state index < -0.39 is 0 Å². The number of hydrogen-bond acceptors (Lipinski definition) is 7. The molecule has 0 saturated heterocycles. The van der Waals surface area contributed by atoms with Gasteiger partial charge >= 0.3 is 0 Å². The summed E-state index contributed by atoms with van der Waals surface area (Å²) >= 11 is 0. The lowest BCUT2D eigenvalue weighted by Gasteiger charge is -2.01. The minimum Gasteiger partial charge on any atom is -0.354 e. The summed E-state index contributed by atoms with van der Waals surface area (Å²) in [6.45, 7) is 0.567. The second kappa shape index (κ2) is 4.84. The van der Waals surface area contributed by atoms with Crippen molar-refractivity contribution in [1.82, 2.24) is 20.1 Å². The predicted octanol–water partition coefficient (Wildman–Crippen LogP) is 0.386. The molecule has 1 N–H and O–H groups in total. The van der Waals surface area contributed by atoms with Crippen LogP contribution in [0.15, 0.2) is 23.1 Å². The molecule has 7 nitrogen and oxygen atoms in total. The van der Waals surface area contributed by atoms with Crippen molar-refractivity contribution in [3.05, 3.63) is 30.2 Å². The van der Waals surface area contributed by atoms with Crippen LogP contribution < -0.4 is 5.32 Å². The summed E-state index contributed by atoms with van der Waals surface area (Å²) in [5, 5.41) is 15.1. The van der Waals surface area contributed by atoms with Crippen LogP contribution in [-0.2, 0) is 6.42 Å². The molecular formula is C9H8N6O. The van der Waals surface area contributed by atoms with E-state index in [0.717, 1.165) is 0 Å². The molecule has 0 bridgehead atoms. The first-order chi connectivity index (χ1) is 7.88. The fraction of sp³-hybridized carbons (Fsp3) is 0.222. The van der Waals surface area contributed by atoms with Gasteiger partial charge in [0.15, 0.2) is 6.33 Å². The fourth-order valence-electron chi connectivity index (χ4n) is 1.09. The number of hydrogen-bond donors (Lipinski definition) is 1. The van der Waals surface area contributed by atoms with Crippen LogP contribution in [-0.4, -0.2) is 26.7 Å². The molecule has 16 heavy (non-hydrogen) atoms. The highest BCUT2D eigenvalue weighted by molar-refractivity contribution is 5.29. The Bertz CT molecular complexity index is 489. The second-order valence-electron chi connectivity index (χ2n) is 2.89. The first kappa shape index (κ1) is 10.0. The van der Waals surface area contributed by atoms with E-state index >= 15 is 0 Å². The third-order valence-electron chi connectivity index (χ3n) is 1.80. The summed E-state index contributed by atoms with van der Waals surface area (Å²) in [5.74, 6) is 0.961. The lowest BCUT2D eigenvalue weighted by Crippen LogP contribution is -2.08. The molecule has 7 heteroatoms. The fourth-order valence-corrected chi connectivity index (χ4v) is 1.09. The maximum Gasteiger partial charge on any atom is 0.228 e. The third kappa shape index (κ3) is 2.51. The molecule has 80 valence electrons. The molecule has 0 radical (unpaired) electrons. The molecular weight excluding hydrogens is 208 g/mol. The van der Waals surface area contributed by atoms with Gasteiger partial charge in [-0.25, -0.2) is 9.97 Å². The van der Waals surface area contributed by atoms with E-state index in [-0.39, 0.29) is 0 Å². The van der Waals surface area contributed by atoms with Crippen molar-refractivity contribution in [3.63, 3.8) is 0 Å². The van der Waals surface area contributed by atoms with Crippen LogP contribution in [0, 0.1) is 11.3 Å². The van der Waals surface area contributed by atoms with Crippen LogP contribution in [0.3, 0.4) is 0 Å². The van der Waals surface area contributed by atoms with Gasteiger partial charge in [-0.3, -0.25) is 0 Å². The summed E-state index contributed by atoms with van der Waals surface area (Å²) < 4.78 is 4.82. The van der Waals surface area contributed by atoms with Gasteiger partial charge in [-0.05, 0) is 6.07 Å². The van der Waals surface area contributed by atoms with Crippen LogP contribution in [0.25, 0.3) is 0 Å². The van der Waals surface area contributed by atoms with E-state index in [4.69, 9.17) is 9.78 Å². The monoisotopic (exact) mass is 216 g/mol. The van der Waals surface area contributed by atoms with Gasteiger partial charge in [0.1, 0.15) is 11.8 Å². The minimum absolute atomic E-state index is 0.329. The molecule has 2 aromatic rings. The maximum atomic E-state index is 8.64. The van der Waals surface area contributed by atoms with E-state index in [0.29, 0.717) is 30.5 Å². The molecule has 0 unspecified atom stereocenters. The van der Waals surface area contributed by atoms with Crippen molar-refractivity contribution in [3.8, 4) is 6.07 Å². The van der Waals surface area contributed by atoms with Crippen molar-refractivity contribution in [2.24, 2.45) is 0 Å². The van der Waals surface area contributed by atoms with Gasteiger partial charge < -0.3 is 9.84 Å². The van der Waals surface area contributed by atoms with E-state index in [2.05, 4.69) is 25.4 Å². The highest BCUT2D eigenvalue weighted by atomic mass is 16.5. The molecule has 0 aliphatic carbocycles. The maximum absolute atomic E-state index is 8.64. The lowest BCUT2D eigenvalue weighted by atomic mass is 10.4. The Labute approximate surface area is 91.2 Å². The van der Waals surface area contributed by atoms with Crippen molar-refractivity contribution in [1.29, 1.82) is 5.26 Å². The van der Waals surface area contributed by atoms with Gasteiger partial charge in [-0.2, -0.15) is 10.2 Å². The van der Waals surface area contributed by atoms with Gasteiger partial charge in [0.05, 0.1) is 0 Å². The summed E-state index contributed by atoms with van der Waals surface area (Å²) in [7, 11) is 0. The van der Waals surface area contributed by atoms with Gasteiger partial charge in [0.25, 0.3) is 0 Å². The molecule has 2 heterocycles. The molecule has 0 amide bonds. The Morgan fingerprint density at radius 2 is 2.38 bits per heavy atom. The molecule has 0 aliphatic rings. The largest absolute Gasteiger partial charge is 0.354 e. The summed E-state index contributed by atoms with van der Waals surface area (Å²) in [6.07, 6.45) is 3.46. The van der Waals surface area contributed by atoms with Gasteiger partial charge in [-0.15, -0.1) is 0 Å². The first-order valence-electron chi connectivity index (χ1n) is 4.61. The molecule has 0 saturated carbocycles. The average Bonchev–Trinajstić information content (AvgIpc) is 2.82. The number of nitrogens with zero attached hydrogens (tertiary/aromatic N) is 5. The highest BCUT2D eigenvalue weighted by Gasteiger charge is 2.00. The number of nitriles is 1. The van der Waals surface area contributed by atoms with Crippen LogP contribution in [0.4, 0.5) is 5.95 Å². The standard InChI is InChI=1S/C9H8N6O/c10-5-7-1-3-11-9(15-7)12-4-2-8-13-6-14-16-8/h1,3,6H,2,4H2,(H,11,12,15). The van der Waals surface area contributed by atoms with Crippen molar-refractivity contribution >= 4 is 5.95 Å². The van der Waals surface area contributed by atoms with Crippen molar-refractivity contribution in [2.45, 2.75) is 6.42 Å². The van der Waals surface area contributed by atoms with Crippen LogP contribution in [0.2, 0.25) is 0 Å². The third-order valence-corrected chi connectivity index (χ3v) is 1.80. The molecule has 0 aromatic carbocycles. The van der Waals surface area contributed by atoms with E-state index in [1.807, 2.05) is 6.07 Å². The van der Waals surface area contributed by atoms with Crippen molar-refractivity contribution < 1.29 is 4.52 Å². The molecule has 0 spiro atoms. The molecule has 0 aliphatic heterocycles. The lowest BCUT2D eigenvalue weighted by molar-refractivity contribution is 0.379. The van der Waals surface area contributed by atoms with Crippen molar-refractivity contribution in [2.75, 3.05) is 11.9 Å². The van der Waals surface area contributed by atoms with Gasteiger partial charge in [0, 0.05) is 19.2 Å². The molecule has 0 atom stereocenters. The summed E-state index contributed by atoms with van der Waals surface area (Å²) in [5.41, 5.74) is 0.329. The average molecular weight is 216 g/mol. The van der Waals surface area contributed by atoms with E-state index in [1.54, 1.807) is 6.07 Å². The molecule has 0 fully saturated rings. The van der Waals surface area contributed by atoms with Gasteiger partial charge in [-0.1, -0.05) is 5.16 Å². The Hall–Kier alpha value is -2.49. The first-order valence-corrected chi connectivity index (χ1v) is 4.61. The second-order valence-corrected chi connectivity index (χ2v) is 2.89. The zero-order valence-corrected chi connectivity index (χ0v) is 8.29. The van der Waals surface area contributed by atoms with Crippen LogP contribution in [0.1, 0.15) is 11.6 Å². The zero-order valence-electron chi connectivity index (χ0n) is 8.29. The minimum atomic E-state index is 0.329. The van der Waals surface area contributed by atoms with E-state index in [1.165, 1.54) is 12.5 Å². The van der Waals surface area contributed by atoms with E-state index in [9.17, 15) is 0 Å². The Morgan fingerprint density at radius 1 is 1.44 bits per heavy atom. The number of aromatic nitrogens is 4. The van der Waals surface area contributed by atoms with Gasteiger partial charge in [0.2, 0.25) is 11.8 Å². The number of nitrogens with one attached hydrogen (secondary N) is 1. The Morgan fingerprint density at radius 3 is 3.12 bits per heavy atom. The smallest absolute Gasteiger partial charge is 0.228 e. The van der Waals surface area contributed by atoms with Crippen LogP contribution in [0.5, 0.6) is 0 Å². The highest BCUT2D eigenvalue weighted by Crippen LogP contribution is 1.99. The summed E-state index contributed by atoms with van der Waals surface area (Å²) in [6, 6.07) is 3.48.